The summed E-state index contributed by atoms with van der Waals surface area (Å²) < 4.78 is 32.6. The van der Waals surface area contributed by atoms with Crippen LogP contribution in [0.1, 0.15) is 31.7 Å². The molecule has 1 N–H and O–H groups in total. The van der Waals surface area contributed by atoms with Crippen molar-refractivity contribution in [2.45, 2.75) is 43.7 Å². The summed E-state index contributed by atoms with van der Waals surface area (Å²) in [5.74, 6) is 1.06. The molecule has 0 radical (unpaired) electrons. The molecule has 1 saturated carbocycles. The first kappa shape index (κ1) is 14.8. The van der Waals surface area contributed by atoms with Gasteiger partial charge in [0, 0.05) is 18.2 Å². The van der Waals surface area contributed by atoms with Crippen molar-refractivity contribution in [2.24, 2.45) is 5.92 Å². The van der Waals surface area contributed by atoms with Crippen molar-refractivity contribution in [3.8, 4) is 5.75 Å². The number of piperidine rings is 1. The van der Waals surface area contributed by atoms with Gasteiger partial charge in [-0.3, -0.25) is 0 Å². The molecule has 1 aliphatic carbocycles. The van der Waals surface area contributed by atoms with Crippen LogP contribution >= 0.6 is 0 Å². The van der Waals surface area contributed by atoms with Gasteiger partial charge in [0.2, 0.25) is 10.0 Å². The molecule has 0 amide bonds. The number of fused-ring (bicyclic) bond motifs is 2. The first-order chi connectivity index (χ1) is 10.1. The van der Waals surface area contributed by atoms with Crippen LogP contribution in [0.5, 0.6) is 5.75 Å². The standard InChI is InChI=1S/C15H21NO4S/c1-2-20-15-6-5-14(8-12(15)10-17)21(18,19)16-9-11-3-4-13(16)7-11/h5-6,8,11,13,17H,2-4,7,9-10H2,1H3. The average molecular weight is 311 g/mol. The van der Waals surface area contributed by atoms with Crippen LogP contribution in [0, 0.1) is 5.92 Å². The Morgan fingerprint density at radius 1 is 1.38 bits per heavy atom. The fourth-order valence-corrected chi connectivity index (χ4v) is 5.24. The van der Waals surface area contributed by atoms with Gasteiger partial charge in [0.15, 0.2) is 0 Å². The Hall–Kier alpha value is -1.11. The van der Waals surface area contributed by atoms with Gasteiger partial charge in [-0.05, 0) is 50.3 Å². The monoisotopic (exact) mass is 311 g/mol. The van der Waals surface area contributed by atoms with Crippen LogP contribution < -0.4 is 4.74 Å². The van der Waals surface area contributed by atoms with E-state index in [4.69, 9.17) is 4.74 Å². The van der Waals surface area contributed by atoms with Crippen molar-refractivity contribution >= 4 is 10.0 Å². The predicted molar refractivity (Wildman–Crippen MR) is 78.6 cm³/mol. The zero-order valence-corrected chi connectivity index (χ0v) is 13.0. The topological polar surface area (TPSA) is 66.8 Å². The molecule has 1 saturated heterocycles. The lowest BCUT2D eigenvalue weighted by Crippen LogP contribution is -2.37. The maximum atomic E-state index is 12.8. The Bertz CT molecular complexity index is 629. The molecule has 1 aromatic rings. The number of aliphatic hydroxyl groups is 1. The first-order valence-electron chi connectivity index (χ1n) is 7.44. The van der Waals surface area contributed by atoms with Crippen LogP contribution in [0.4, 0.5) is 0 Å². The highest BCUT2D eigenvalue weighted by atomic mass is 32.2. The largest absolute Gasteiger partial charge is 0.494 e. The second kappa shape index (κ2) is 5.59. The molecule has 2 atom stereocenters. The van der Waals surface area contributed by atoms with E-state index in [2.05, 4.69) is 0 Å². The van der Waals surface area contributed by atoms with Crippen molar-refractivity contribution in [2.75, 3.05) is 13.2 Å². The molecule has 0 aromatic heterocycles. The van der Waals surface area contributed by atoms with Crippen LogP contribution in [-0.2, 0) is 16.6 Å². The number of hydrogen-bond donors (Lipinski definition) is 1. The Balaban J connectivity index is 1.92. The van der Waals surface area contributed by atoms with Gasteiger partial charge in [-0.15, -0.1) is 0 Å². The highest BCUT2D eigenvalue weighted by Crippen LogP contribution is 2.40. The molecule has 116 valence electrons. The second-order valence-corrected chi connectivity index (χ2v) is 7.66. The van der Waals surface area contributed by atoms with Gasteiger partial charge < -0.3 is 9.84 Å². The van der Waals surface area contributed by atoms with E-state index in [0.717, 1.165) is 19.3 Å². The molecule has 6 heteroatoms. The quantitative estimate of drug-likeness (QED) is 0.899. The summed E-state index contributed by atoms with van der Waals surface area (Å²) in [6, 6.07) is 4.90. The zero-order valence-electron chi connectivity index (χ0n) is 12.2. The summed E-state index contributed by atoms with van der Waals surface area (Å²) in [6.07, 6.45) is 3.10. The number of rotatable bonds is 5. The van der Waals surface area contributed by atoms with Gasteiger partial charge >= 0.3 is 0 Å². The maximum absolute atomic E-state index is 12.8. The van der Waals surface area contributed by atoms with Gasteiger partial charge in [0.25, 0.3) is 0 Å². The first-order valence-corrected chi connectivity index (χ1v) is 8.88. The Kier molecular flexibility index (Phi) is 3.94. The summed E-state index contributed by atoms with van der Waals surface area (Å²) in [4.78, 5) is 0.252. The number of aliphatic hydroxyl groups excluding tert-OH is 1. The minimum absolute atomic E-state index is 0.157. The van der Waals surface area contributed by atoms with Crippen molar-refractivity contribution in [3.63, 3.8) is 0 Å². The van der Waals surface area contributed by atoms with E-state index in [0.29, 0.717) is 30.4 Å². The summed E-state index contributed by atoms with van der Waals surface area (Å²) in [5, 5.41) is 9.42. The Morgan fingerprint density at radius 2 is 2.19 bits per heavy atom. The Labute approximate surface area is 125 Å². The normalized spacial score (nSPS) is 25.4. The highest BCUT2D eigenvalue weighted by molar-refractivity contribution is 7.89. The van der Waals surface area contributed by atoms with Crippen molar-refractivity contribution in [1.82, 2.24) is 4.31 Å². The second-order valence-electron chi connectivity index (χ2n) is 5.77. The van der Waals surface area contributed by atoms with Crippen LogP contribution in [-0.4, -0.2) is 37.0 Å². The summed E-state index contributed by atoms with van der Waals surface area (Å²) in [5.41, 5.74) is 0.516. The summed E-state index contributed by atoms with van der Waals surface area (Å²) in [7, 11) is -3.47. The molecule has 5 nitrogen and oxygen atoms in total. The molecule has 2 bridgehead atoms. The lowest BCUT2D eigenvalue weighted by molar-refractivity contribution is 0.266. The highest BCUT2D eigenvalue weighted by Gasteiger charge is 2.44. The van der Waals surface area contributed by atoms with Crippen LogP contribution in [0.25, 0.3) is 0 Å². The molecule has 2 unspecified atom stereocenters. The molecule has 2 fully saturated rings. The molecule has 1 heterocycles. The zero-order chi connectivity index (χ0) is 15.0. The molecule has 2 aliphatic rings. The van der Waals surface area contributed by atoms with Crippen LogP contribution in [0.3, 0.4) is 0 Å². The molecule has 3 rings (SSSR count). The van der Waals surface area contributed by atoms with E-state index in [1.807, 2.05) is 6.92 Å². The third-order valence-corrected chi connectivity index (χ3v) is 6.38. The van der Waals surface area contributed by atoms with Crippen molar-refractivity contribution in [3.05, 3.63) is 23.8 Å². The number of hydrogen-bond acceptors (Lipinski definition) is 4. The van der Waals surface area contributed by atoms with Crippen molar-refractivity contribution in [1.29, 1.82) is 0 Å². The number of sulfonamides is 1. The van der Waals surface area contributed by atoms with Gasteiger partial charge in [0.1, 0.15) is 5.75 Å². The van der Waals surface area contributed by atoms with Gasteiger partial charge in [-0.25, -0.2) is 8.42 Å². The van der Waals surface area contributed by atoms with E-state index < -0.39 is 10.0 Å². The summed E-state index contributed by atoms with van der Waals surface area (Å²) >= 11 is 0. The van der Waals surface area contributed by atoms with E-state index in [9.17, 15) is 13.5 Å². The smallest absolute Gasteiger partial charge is 0.243 e. The van der Waals surface area contributed by atoms with Gasteiger partial charge in [-0.2, -0.15) is 4.31 Å². The average Bonchev–Trinajstić information content (AvgIpc) is 3.10. The van der Waals surface area contributed by atoms with E-state index in [1.165, 1.54) is 6.07 Å². The van der Waals surface area contributed by atoms with E-state index >= 15 is 0 Å². The van der Waals surface area contributed by atoms with E-state index in [-0.39, 0.29) is 17.5 Å². The molecule has 1 aliphatic heterocycles. The number of nitrogens with zero attached hydrogens (tertiary/aromatic N) is 1. The third-order valence-electron chi connectivity index (χ3n) is 4.47. The van der Waals surface area contributed by atoms with Gasteiger partial charge in [0.05, 0.1) is 18.1 Å². The van der Waals surface area contributed by atoms with E-state index in [1.54, 1.807) is 16.4 Å². The SMILES string of the molecule is CCOc1ccc(S(=O)(=O)N2CC3CCC2C3)cc1CO. The minimum atomic E-state index is -3.47. The maximum Gasteiger partial charge on any atom is 0.243 e. The van der Waals surface area contributed by atoms with Gasteiger partial charge in [-0.1, -0.05) is 0 Å². The third kappa shape index (κ3) is 2.56. The van der Waals surface area contributed by atoms with Crippen LogP contribution in [0.15, 0.2) is 23.1 Å². The molecule has 21 heavy (non-hydrogen) atoms. The fraction of sp³-hybridized carbons (Fsp3) is 0.600. The minimum Gasteiger partial charge on any atom is -0.494 e. The molecular weight excluding hydrogens is 290 g/mol. The predicted octanol–water partition coefficient (Wildman–Crippen LogP) is 1.75. The lowest BCUT2D eigenvalue weighted by Gasteiger charge is -2.26. The molecule has 1 aromatic carbocycles. The van der Waals surface area contributed by atoms with Crippen molar-refractivity contribution < 1.29 is 18.3 Å². The van der Waals surface area contributed by atoms with Crippen LogP contribution in [0.2, 0.25) is 0 Å². The fourth-order valence-electron chi connectivity index (χ4n) is 3.45. The Morgan fingerprint density at radius 3 is 2.76 bits per heavy atom. The number of ether oxygens (including phenoxy) is 1. The lowest BCUT2D eigenvalue weighted by atomic mass is 10.1. The number of benzene rings is 1. The molecular formula is C15H21NO4S. The molecule has 0 spiro atoms. The summed E-state index contributed by atoms with van der Waals surface area (Å²) in [6.45, 7) is 2.74.